The standard InChI is InChI=1S/C19H20FN3O2/c20-14-3-1-2-13(12-14)4-11-18(24)21-15-5-7-16(8-6-15)22-19(25)23-17-9-10-17/h1-3,5-8,12,17H,4,9-11H2,(H,21,24)(H2,22,23,25). The van der Waals surface area contributed by atoms with Crippen LogP contribution in [0.2, 0.25) is 0 Å². The van der Waals surface area contributed by atoms with E-state index in [1.807, 2.05) is 0 Å². The molecule has 1 fully saturated rings. The number of urea groups is 1. The minimum atomic E-state index is -0.299. The zero-order valence-electron chi connectivity index (χ0n) is 13.7. The Labute approximate surface area is 145 Å². The topological polar surface area (TPSA) is 70.2 Å². The summed E-state index contributed by atoms with van der Waals surface area (Å²) in [5, 5.41) is 8.37. The van der Waals surface area contributed by atoms with Crippen LogP contribution in [0.4, 0.5) is 20.6 Å². The molecule has 0 aromatic heterocycles. The maximum absolute atomic E-state index is 13.1. The second-order valence-corrected chi connectivity index (χ2v) is 6.13. The highest BCUT2D eigenvalue weighted by molar-refractivity contribution is 5.92. The van der Waals surface area contributed by atoms with E-state index in [1.165, 1.54) is 12.1 Å². The van der Waals surface area contributed by atoms with Crippen molar-refractivity contribution in [2.45, 2.75) is 31.7 Å². The van der Waals surface area contributed by atoms with Gasteiger partial charge < -0.3 is 16.0 Å². The van der Waals surface area contributed by atoms with Crippen LogP contribution < -0.4 is 16.0 Å². The highest BCUT2D eigenvalue weighted by Gasteiger charge is 2.23. The van der Waals surface area contributed by atoms with Crippen LogP contribution in [0, 0.1) is 5.82 Å². The normalized spacial score (nSPS) is 13.2. The van der Waals surface area contributed by atoms with Gasteiger partial charge in [0.05, 0.1) is 0 Å². The lowest BCUT2D eigenvalue weighted by atomic mass is 10.1. The summed E-state index contributed by atoms with van der Waals surface area (Å²) in [5.74, 6) is -0.442. The lowest BCUT2D eigenvalue weighted by Gasteiger charge is -2.09. The molecule has 2 aromatic rings. The highest BCUT2D eigenvalue weighted by atomic mass is 19.1. The first-order chi connectivity index (χ1) is 12.1. The average molecular weight is 341 g/mol. The number of rotatable bonds is 6. The Bertz CT molecular complexity index is 758. The maximum atomic E-state index is 13.1. The van der Waals surface area contributed by atoms with Crippen LogP contribution in [0.5, 0.6) is 0 Å². The van der Waals surface area contributed by atoms with Gasteiger partial charge in [-0.3, -0.25) is 4.79 Å². The van der Waals surface area contributed by atoms with Crippen molar-refractivity contribution in [1.29, 1.82) is 0 Å². The van der Waals surface area contributed by atoms with E-state index in [2.05, 4.69) is 16.0 Å². The fourth-order valence-corrected chi connectivity index (χ4v) is 2.39. The number of halogens is 1. The monoisotopic (exact) mass is 341 g/mol. The summed E-state index contributed by atoms with van der Waals surface area (Å²) < 4.78 is 13.1. The molecule has 0 aliphatic heterocycles. The van der Waals surface area contributed by atoms with E-state index in [0.29, 0.717) is 23.8 Å². The fraction of sp³-hybridized carbons (Fsp3) is 0.263. The second kappa shape index (κ2) is 7.79. The molecule has 0 radical (unpaired) electrons. The number of nitrogens with one attached hydrogen (secondary N) is 3. The molecule has 0 saturated heterocycles. The Balaban J connectivity index is 1.45. The third kappa shape index (κ3) is 5.60. The van der Waals surface area contributed by atoms with E-state index >= 15 is 0 Å². The number of carbonyl (C=O) groups excluding carboxylic acids is 2. The molecule has 6 heteroatoms. The van der Waals surface area contributed by atoms with Gasteiger partial charge in [0.25, 0.3) is 0 Å². The van der Waals surface area contributed by atoms with Crippen molar-refractivity contribution in [2.75, 3.05) is 10.6 Å². The van der Waals surface area contributed by atoms with Crippen molar-refractivity contribution < 1.29 is 14.0 Å². The number of hydrogen-bond donors (Lipinski definition) is 3. The van der Waals surface area contributed by atoms with Crippen LogP contribution in [0.25, 0.3) is 0 Å². The number of hydrogen-bond acceptors (Lipinski definition) is 2. The average Bonchev–Trinajstić information content (AvgIpc) is 3.39. The van der Waals surface area contributed by atoms with E-state index in [1.54, 1.807) is 36.4 Å². The van der Waals surface area contributed by atoms with Crippen LogP contribution in [0.15, 0.2) is 48.5 Å². The van der Waals surface area contributed by atoms with Gasteiger partial charge in [0.2, 0.25) is 5.91 Å². The van der Waals surface area contributed by atoms with Crippen molar-refractivity contribution >= 4 is 23.3 Å². The van der Waals surface area contributed by atoms with E-state index in [-0.39, 0.29) is 24.2 Å². The van der Waals surface area contributed by atoms with Gasteiger partial charge in [0, 0.05) is 23.8 Å². The van der Waals surface area contributed by atoms with Gasteiger partial charge in [0.1, 0.15) is 5.82 Å². The van der Waals surface area contributed by atoms with Crippen molar-refractivity contribution in [1.82, 2.24) is 5.32 Å². The Morgan fingerprint density at radius 1 is 1.00 bits per heavy atom. The number of carbonyl (C=O) groups is 2. The van der Waals surface area contributed by atoms with Crippen LogP contribution in [0.3, 0.4) is 0 Å². The van der Waals surface area contributed by atoms with E-state index in [0.717, 1.165) is 18.4 Å². The van der Waals surface area contributed by atoms with Crippen LogP contribution in [0.1, 0.15) is 24.8 Å². The smallest absolute Gasteiger partial charge is 0.319 e. The van der Waals surface area contributed by atoms with Gasteiger partial charge in [-0.2, -0.15) is 0 Å². The van der Waals surface area contributed by atoms with Crippen molar-refractivity contribution in [3.63, 3.8) is 0 Å². The molecule has 0 unspecified atom stereocenters. The molecule has 0 spiro atoms. The Morgan fingerprint density at radius 2 is 1.68 bits per heavy atom. The second-order valence-electron chi connectivity index (χ2n) is 6.13. The van der Waals surface area contributed by atoms with E-state index < -0.39 is 0 Å². The van der Waals surface area contributed by atoms with E-state index in [9.17, 15) is 14.0 Å². The molecule has 1 saturated carbocycles. The Morgan fingerprint density at radius 3 is 2.32 bits per heavy atom. The predicted molar refractivity (Wildman–Crippen MR) is 95.0 cm³/mol. The number of aryl methyl sites for hydroxylation is 1. The van der Waals surface area contributed by atoms with Crippen LogP contribution >= 0.6 is 0 Å². The molecule has 3 rings (SSSR count). The lowest BCUT2D eigenvalue weighted by Crippen LogP contribution is -2.30. The lowest BCUT2D eigenvalue weighted by molar-refractivity contribution is -0.116. The third-order valence-corrected chi connectivity index (χ3v) is 3.87. The molecule has 3 amide bonds. The largest absolute Gasteiger partial charge is 0.335 e. The minimum Gasteiger partial charge on any atom is -0.335 e. The number of benzene rings is 2. The summed E-state index contributed by atoms with van der Waals surface area (Å²) in [7, 11) is 0. The summed E-state index contributed by atoms with van der Waals surface area (Å²) in [5.41, 5.74) is 2.10. The molecule has 0 heterocycles. The first kappa shape index (κ1) is 17.0. The summed E-state index contributed by atoms with van der Waals surface area (Å²) in [6, 6.07) is 13.2. The van der Waals surface area contributed by atoms with Gasteiger partial charge in [-0.05, 0) is 61.2 Å². The summed E-state index contributed by atoms with van der Waals surface area (Å²) in [6.07, 6.45) is 2.82. The van der Waals surface area contributed by atoms with Gasteiger partial charge >= 0.3 is 6.03 Å². The number of amides is 3. The van der Waals surface area contributed by atoms with Gasteiger partial charge in [-0.25, -0.2) is 9.18 Å². The Hall–Kier alpha value is -2.89. The summed E-state index contributed by atoms with van der Waals surface area (Å²) >= 11 is 0. The van der Waals surface area contributed by atoms with Gasteiger partial charge in [-0.1, -0.05) is 12.1 Å². The Kier molecular flexibility index (Phi) is 5.28. The zero-order valence-corrected chi connectivity index (χ0v) is 13.7. The molecule has 2 aromatic carbocycles. The molecule has 0 bridgehead atoms. The van der Waals surface area contributed by atoms with Crippen molar-refractivity contribution in [2.24, 2.45) is 0 Å². The fourth-order valence-electron chi connectivity index (χ4n) is 2.39. The summed E-state index contributed by atoms with van der Waals surface area (Å²) in [6.45, 7) is 0. The molecule has 130 valence electrons. The van der Waals surface area contributed by atoms with E-state index in [4.69, 9.17) is 0 Å². The SMILES string of the molecule is O=C(CCc1cccc(F)c1)Nc1ccc(NC(=O)NC2CC2)cc1. The maximum Gasteiger partial charge on any atom is 0.319 e. The first-order valence-electron chi connectivity index (χ1n) is 8.30. The molecular weight excluding hydrogens is 321 g/mol. The first-order valence-corrected chi connectivity index (χ1v) is 8.30. The van der Waals surface area contributed by atoms with Gasteiger partial charge in [-0.15, -0.1) is 0 Å². The van der Waals surface area contributed by atoms with Gasteiger partial charge in [0.15, 0.2) is 0 Å². The molecule has 1 aliphatic carbocycles. The predicted octanol–water partition coefficient (Wildman–Crippen LogP) is 3.68. The third-order valence-electron chi connectivity index (χ3n) is 3.87. The molecule has 25 heavy (non-hydrogen) atoms. The minimum absolute atomic E-state index is 0.142. The molecular formula is C19H20FN3O2. The highest BCUT2D eigenvalue weighted by Crippen LogP contribution is 2.19. The van der Waals surface area contributed by atoms with Crippen LogP contribution in [-0.4, -0.2) is 18.0 Å². The zero-order chi connectivity index (χ0) is 17.6. The van der Waals surface area contributed by atoms with Crippen molar-refractivity contribution in [3.8, 4) is 0 Å². The molecule has 0 atom stereocenters. The van der Waals surface area contributed by atoms with Crippen LogP contribution in [-0.2, 0) is 11.2 Å². The summed E-state index contributed by atoms with van der Waals surface area (Å²) in [4.78, 5) is 23.6. The molecule has 3 N–H and O–H groups in total. The quantitative estimate of drug-likeness (QED) is 0.750. The molecule has 5 nitrogen and oxygen atoms in total. The van der Waals surface area contributed by atoms with Crippen molar-refractivity contribution in [3.05, 3.63) is 59.9 Å². The number of anilines is 2. The molecule has 1 aliphatic rings.